The third-order valence-corrected chi connectivity index (χ3v) is 8.48. The Bertz CT molecular complexity index is 658. The van der Waals surface area contributed by atoms with Crippen molar-refractivity contribution in [3.8, 4) is 0 Å². The molecule has 2 saturated heterocycles. The van der Waals surface area contributed by atoms with Crippen LogP contribution in [0.3, 0.4) is 0 Å². The van der Waals surface area contributed by atoms with Crippen molar-refractivity contribution in [1.29, 1.82) is 0 Å². The van der Waals surface area contributed by atoms with Crippen LogP contribution in [0.4, 0.5) is 0 Å². The second kappa shape index (κ2) is 9.54. The van der Waals surface area contributed by atoms with E-state index in [0.717, 1.165) is 25.8 Å². The van der Waals surface area contributed by atoms with Crippen LogP contribution in [0.15, 0.2) is 0 Å². The number of aliphatic carboxylic acids is 1. The van der Waals surface area contributed by atoms with Crippen molar-refractivity contribution in [2.24, 2.45) is 11.8 Å². The summed E-state index contributed by atoms with van der Waals surface area (Å²) in [7, 11) is -0.0257. The summed E-state index contributed by atoms with van der Waals surface area (Å²) in [5, 5.41) is 8.93. The molecule has 28 heavy (non-hydrogen) atoms. The lowest BCUT2D eigenvalue weighted by atomic mass is 9.94. The van der Waals surface area contributed by atoms with Gasteiger partial charge in [-0.3, -0.25) is 9.69 Å². The lowest BCUT2D eigenvalue weighted by Gasteiger charge is -2.37. The molecule has 2 atom stereocenters. The number of nitrogens with zero attached hydrogens (tertiary/aromatic N) is 3. The first-order valence-corrected chi connectivity index (χ1v) is 11.8. The topological polar surface area (TPSA) is 98.2 Å². The Balaban J connectivity index is 2.01. The molecule has 2 aliphatic rings. The number of carboxylic acid groups (broad SMARTS) is 1. The number of piperidine rings is 1. The minimum absolute atomic E-state index is 0.197. The van der Waals surface area contributed by atoms with E-state index < -0.39 is 27.4 Å². The number of hydrogen-bond donors (Lipinski definition) is 1. The van der Waals surface area contributed by atoms with Gasteiger partial charge in [-0.25, -0.2) is 17.5 Å². The number of carboxylic acids is 1. The van der Waals surface area contributed by atoms with E-state index in [9.17, 15) is 23.1 Å². The Morgan fingerprint density at radius 1 is 1.04 bits per heavy atom. The van der Waals surface area contributed by atoms with E-state index >= 15 is 0 Å². The maximum Gasteiger partial charge on any atom is 0.326 e. The fourth-order valence-electron chi connectivity index (χ4n) is 4.45. The Hall–Kier alpha value is -1.19. The van der Waals surface area contributed by atoms with Crippen molar-refractivity contribution in [3.05, 3.63) is 0 Å². The highest BCUT2D eigenvalue weighted by molar-refractivity contribution is 7.89. The summed E-state index contributed by atoms with van der Waals surface area (Å²) in [6.07, 6.45) is 4.51. The van der Waals surface area contributed by atoms with Gasteiger partial charge in [-0.2, -0.15) is 0 Å². The first-order valence-electron chi connectivity index (χ1n) is 10.3. The number of carbonyl (C=O) groups excluding carboxylic acids is 1. The van der Waals surface area contributed by atoms with E-state index in [2.05, 4.69) is 0 Å². The highest BCUT2D eigenvalue weighted by atomic mass is 32.2. The molecular weight excluding hydrogens is 382 g/mol. The molecule has 0 saturated carbocycles. The van der Waals surface area contributed by atoms with Crippen molar-refractivity contribution in [2.45, 2.75) is 63.8 Å². The molecule has 0 aromatic heterocycles. The van der Waals surface area contributed by atoms with Gasteiger partial charge < -0.3 is 10.0 Å². The lowest BCUT2D eigenvalue weighted by Crippen LogP contribution is -2.52. The van der Waals surface area contributed by atoms with E-state index in [1.807, 2.05) is 11.9 Å². The summed E-state index contributed by atoms with van der Waals surface area (Å²) >= 11 is 0. The summed E-state index contributed by atoms with van der Waals surface area (Å²) in [5.41, 5.74) is 0. The average molecular weight is 418 g/mol. The molecule has 2 heterocycles. The molecule has 0 aromatic carbocycles. The second-order valence-electron chi connectivity index (χ2n) is 8.48. The zero-order chi connectivity index (χ0) is 21.1. The van der Waals surface area contributed by atoms with E-state index in [0.29, 0.717) is 32.4 Å². The van der Waals surface area contributed by atoms with Gasteiger partial charge >= 0.3 is 5.97 Å². The van der Waals surface area contributed by atoms with Gasteiger partial charge in [0.15, 0.2) is 0 Å². The molecule has 1 amide bonds. The average Bonchev–Trinajstić information content (AvgIpc) is 2.85. The molecular formula is C19H35N3O5S. The number of likely N-dealkylation sites (N-methyl/N-ethyl adjacent to an activating group) is 1. The maximum atomic E-state index is 13.1. The van der Waals surface area contributed by atoms with Crippen molar-refractivity contribution in [1.82, 2.24) is 14.1 Å². The summed E-state index contributed by atoms with van der Waals surface area (Å²) in [5.74, 6) is -1.74. The first-order chi connectivity index (χ1) is 13.1. The minimum atomic E-state index is -3.43. The molecule has 1 N–H and O–H groups in total. The Labute approximate surface area is 168 Å². The molecule has 0 aromatic rings. The predicted molar refractivity (Wildman–Crippen MR) is 107 cm³/mol. The molecule has 0 radical (unpaired) electrons. The summed E-state index contributed by atoms with van der Waals surface area (Å²) in [6, 6.07) is -0.867. The third-order valence-electron chi connectivity index (χ3n) is 6.11. The van der Waals surface area contributed by atoms with Gasteiger partial charge in [0, 0.05) is 26.1 Å². The number of likely N-dealkylation sites (tertiary alicyclic amines) is 1. The smallest absolute Gasteiger partial charge is 0.326 e. The number of sulfonamides is 1. The highest BCUT2D eigenvalue weighted by Gasteiger charge is 2.40. The van der Waals surface area contributed by atoms with Crippen LogP contribution in [0.5, 0.6) is 0 Å². The summed E-state index contributed by atoms with van der Waals surface area (Å²) in [6.45, 7) is 4.98. The number of amides is 1. The van der Waals surface area contributed by atoms with E-state index in [4.69, 9.17) is 0 Å². The van der Waals surface area contributed by atoms with Crippen LogP contribution in [0.2, 0.25) is 0 Å². The standard InChI is InChI=1S/C19H35N3O5S/c1-14(2)17(19(24)25)21(4)18(23)15-9-12-22(13-10-15)28(26,27)16-8-6-5-7-11-20(16)3/h14-17H,5-13H2,1-4H3,(H,24,25)/t16-,17+/m1/s1. The lowest BCUT2D eigenvalue weighted by molar-refractivity contribution is -0.153. The quantitative estimate of drug-likeness (QED) is 0.702. The molecule has 0 bridgehead atoms. The monoisotopic (exact) mass is 417 g/mol. The number of rotatable bonds is 6. The van der Waals surface area contributed by atoms with Crippen molar-refractivity contribution >= 4 is 21.9 Å². The fourth-order valence-corrected chi connectivity index (χ4v) is 6.54. The van der Waals surface area contributed by atoms with Crippen LogP contribution in [0.1, 0.15) is 52.4 Å². The van der Waals surface area contributed by atoms with Crippen molar-refractivity contribution < 1.29 is 23.1 Å². The van der Waals surface area contributed by atoms with Crippen LogP contribution in [-0.2, 0) is 19.6 Å². The first kappa shape index (κ1) is 23.1. The summed E-state index contributed by atoms with van der Waals surface area (Å²) < 4.78 is 27.8. The van der Waals surface area contributed by atoms with Crippen LogP contribution in [-0.4, -0.2) is 84.7 Å². The zero-order valence-electron chi connectivity index (χ0n) is 17.5. The molecule has 9 heteroatoms. The van der Waals surface area contributed by atoms with Crippen LogP contribution in [0.25, 0.3) is 0 Å². The zero-order valence-corrected chi connectivity index (χ0v) is 18.3. The molecule has 0 unspecified atom stereocenters. The predicted octanol–water partition coefficient (Wildman–Crippen LogP) is 1.43. The van der Waals surface area contributed by atoms with Crippen LogP contribution in [0, 0.1) is 11.8 Å². The third kappa shape index (κ3) is 5.04. The fraction of sp³-hybridized carbons (Fsp3) is 0.895. The van der Waals surface area contributed by atoms with Gasteiger partial charge in [-0.1, -0.05) is 26.7 Å². The molecule has 162 valence electrons. The largest absolute Gasteiger partial charge is 0.480 e. The molecule has 8 nitrogen and oxygen atoms in total. The van der Waals surface area contributed by atoms with E-state index in [-0.39, 0.29) is 17.7 Å². The second-order valence-corrected chi connectivity index (χ2v) is 10.6. The molecule has 2 aliphatic heterocycles. The van der Waals surface area contributed by atoms with Gasteiger partial charge in [0.2, 0.25) is 15.9 Å². The van der Waals surface area contributed by atoms with Crippen molar-refractivity contribution in [2.75, 3.05) is 33.7 Å². The van der Waals surface area contributed by atoms with E-state index in [1.54, 1.807) is 13.8 Å². The Morgan fingerprint density at radius 3 is 2.18 bits per heavy atom. The molecule has 0 spiro atoms. The van der Waals surface area contributed by atoms with E-state index in [1.165, 1.54) is 16.3 Å². The van der Waals surface area contributed by atoms with Gasteiger partial charge in [0.05, 0.1) is 0 Å². The Kier molecular flexibility index (Phi) is 7.87. The SMILES string of the molecule is CC(C)[C@@H](C(=O)O)N(C)C(=O)C1CCN(S(=O)(=O)[C@@H]2CCCCCN2C)CC1. The maximum absolute atomic E-state index is 13.1. The minimum Gasteiger partial charge on any atom is -0.480 e. The summed E-state index contributed by atoms with van der Waals surface area (Å²) in [4.78, 5) is 27.5. The molecule has 0 aliphatic carbocycles. The number of hydrogen-bond acceptors (Lipinski definition) is 5. The van der Waals surface area contributed by atoms with Gasteiger partial charge in [0.25, 0.3) is 0 Å². The molecule has 2 fully saturated rings. The highest BCUT2D eigenvalue weighted by Crippen LogP contribution is 2.28. The number of carbonyl (C=O) groups is 2. The van der Waals surface area contributed by atoms with Crippen LogP contribution >= 0.6 is 0 Å². The van der Waals surface area contributed by atoms with Crippen molar-refractivity contribution in [3.63, 3.8) is 0 Å². The Morgan fingerprint density at radius 2 is 1.64 bits per heavy atom. The molecule has 2 rings (SSSR count). The normalized spacial score (nSPS) is 24.7. The van der Waals surface area contributed by atoms with Gasteiger partial charge in [-0.05, 0) is 45.2 Å². The van der Waals surface area contributed by atoms with Gasteiger partial charge in [-0.15, -0.1) is 0 Å². The van der Waals surface area contributed by atoms with Crippen LogP contribution < -0.4 is 0 Å². The van der Waals surface area contributed by atoms with Gasteiger partial charge in [0.1, 0.15) is 11.4 Å².